The Balaban J connectivity index is 1.09. The van der Waals surface area contributed by atoms with Crippen LogP contribution in [-0.2, 0) is 7.05 Å². The maximum atomic E-state index is 6.77. The largest absolute Gasteiger partial charge is 0.456 e. The molecular formula is C48H32N4O+2. The van der Waals surface area contributed by atoms with Crippen LogP contribution in [0.25, 0.3) is 77.1 Å². The van der Waals surface area contributed by atoms with Crippen LogP contribution in [0.1, 0.15) is 17.2 Å². The lowest BCUT2D eigenvalue weighted by molar-refractivity contribution is -0.765. The van der Waals surface area contributed by atoms with Crippen LogP contribution in [-0.4, -0.2) is 9.25 Å². The van der Waals surface area contributed by atoms with Gasteiger partial charge in [-0.15, -0.1) is 4.68 Å². The summed E-state index contributed by atoms with van der Waals surface area (Å²) in [6, 6.07) is 54.7. The highest BCUT2D eigenvalue weighted by atomic mass is 16.5. The minimum atomic E-state index is -0.0821. The summed E-state index contributed by atoms with van der Waals surface area (Å²) < 4.78 is 16.2. The van der Waals surface area contributed by atoms with Gasteiger partial charge < -0.3 is 4.74 Å². The summed E-state index contributed by atoms with van der Waals surface area (Å²) >= 11 is 0. The molecule has 2 aliphatic rings. The molecule has 0 fully saturated rings. The third-order valence-electron chi connectivity index (χ3n) is 11.5. The SMILES string of the molecule is C[n+]1cccc2c3ccccc3n(-c3cccc4c3C3c5c(cccc5-n5cc(-c6ccc(-c7cccc8ccccc78)c7ccccc67)c[n+]53)O4)c21. The smallest absolute Gasteiger partial charge is 0.294 e. The van der Waals surface area contributed by atoms with Crippen molar-refractivity contribution in [2.24, 2.45) is 7.05 Å². The van der Waals surface area contributed by atoms with Crippen molar-refractivity contribution in [1.82, 2.24) is 9.25 Å². The lowest BCUT2D eigenvalue weighted by Gasteiger charge is -2.22. The van der Waals surface area contributed by atoms with E-state index < -0.39 is 0 Å². The first kappa shape index (κ1) is 28.7. The third-order valence-corrected chi connectivity index (χ3v) is 11.5. The number of nitrogens with zero attached hydrogens (tertiary/aromatic N) is 4. The topological polar surface area (TPSA) is 26.8 Å². The van der Waals surface area contributed by atoms with Crippen LogP contribution in [0.2, 0.25) is 0 Å². The molecule has 5 nitrogen and oxygen atoms in total. The summed E-state index contributed by atoms with van der Waals surface area (Å²) in [7, 11) is 2.13. The number of rotatable bonds is 3. The Hall–Kier alpha value is -6.98. The molecule has 0 bridgehead atoms. The van der Waals surface area contributed by atoms with Crippen molar-refractivity contribution in [2.45, 2.75) is 6.04 Å². The van der Waals surface area contributed by atoms with Gasteiger partial charge in [0, 0.05) is 5.39 Å². The molecular weight excluding hydrogens is 649 g/mol. The predicted molar refractivity (Wildman–Crippen MR) is 211 cm³/mol. The van der Waals surface area contributed by atoms with Gasteiger partial charge in [-0.3, -0.25) is 0 Å². The first-order valence-electron chi connectivity index (χ1n) is 18.2. The number of pyridine rings is 1. The van der Waals surface area contributed by atoms with Crippen LogP contribution in [0.15, 0.2) is 170 Å². The minimum absolute atomic E-state index is 0.0821. The highest BCUT2D eigenvalue weighted by Crippen LogP contribution is 2.51. The first-order valence-corrected chi connectivity index (χ1v) is 18.2. The van der Waals surface area contributed by atoms with Crippen molar-refractivity contribution in [1.29, 1.82) is 0 Å². The zero-order chi connectivity index (χ0) is 34.8. The predicted octanol–water partition coefficient (Wildman–Crippen LogP) is 10.4. The zero-order valence-corrected chi connectivity index (χ0v) is 28.9. The second-order valence-electron chi connectivity index (χ2n) is 14.3. The number of fused-ring (bicyclic) bond motifs is 10. The summed E-state index contributed by atoms with van der Waals surface area (Å²) in [5.41, 5.74) is 11.8. The summed E-state index contributed by atoms with van der Waals surface area (Å²) in [5.74, 6) is 1.79. The van der Waals surface area contributed by atoms with Crippen LogP contribution < -0.4 is 14.0 Å². The molecule has 7 aromatic carbocycles. The maximum Gasteiger partial charge on any atom is 0.294 e. The van der Waals surface area contributed by atoms with Gasteiger partial charge >= 0.3 is 0 Å². The second-order valence-corrected chi connectivity index (χ2v) is 14.3. The quantitative estimate of drug-likeness (QED) is 0.171. The van der Waals surface area contributed by atoms with E-state index in [9.17, 15) is 0 Å². The lowest BCUT2D eigenvalue weighted by Crippen LogP contribution is -2.43. The molecule has 53 heavy (non-hydrogen) atoms. The van der Waals surface area contributed by atoms with Crippen molar-refractivity contribution in [3.8, 4) is 45.1 Å². The van der Waals surface area contributed by atoms with E-state index in [0.29, 0.717) is 0 Å². The molecule has 1 atom stereocenters. The molecule has 0 saturated heterocycles. The first-order chi connectivity index (χ1) is 26.2. The van der Waals surface area contributed by atoms with E-state index in [4.69, 9.17) is 4.74 Å². The van der Waals surface area contributed by atoms with Gasteiger partial charge in [0.25, 0.3) is 5.65 Å². The number of hydrogen-bond acceptors (Lipinski definition) is 1. The monoisotopic (exact) mass is 680 g/mol. The van der Waals surface area contributed by atoms with Crippen molar-refractivity contribution in [3.05, 3.63) is 181 Å². The Labute approximate surface area is 305 Å². The van der Waals surface area contributed by atoms with Crippen LogP contribution in [0.4, 0.5) is 0 Å². The number of benzene rings is 7. The van der Waals surface area contributed by atoms with E-state index in [2.05, 4.69) is 196 Å². The van der Waals surface area contributed by atoms with Gasteiger partial charge in [0.1, 0.15) is 34.0 Å². The van der Waals surface area contributed by atoms with Crippen LogP contribution >= 0.6 is 0 Å². The van der Waals surface area contributed by atoms with Gasteiger partial charge in [0.2, 0.25) is 12.2 Å². The molecule has 10 aromatic rings. The van der Waals surface area contributed by atoms with E-state index >= 15 is 0 Å². The lowest BCUT2D eigenvalue weighted by atomic mass is 9.90. The Morgan fingerprint density at radius 2 is 1.15 bits per heavy atom. The average molecular weight is 681 g/mol. The molecule has 0 amide bonds. The zero-order valence-electron chi connectivity index (χ0n) is 28.9. The standard InChI is InChI=1S/C48H32N4O/c1-49-27-11-19-39-38-17-6-7-20-40(38)52(48(39)49)42-22-10-24-44-46(42)47-45-41(21-9-23-43(45)53-44)50-28-31(29-51(47)50)33-25-26-37(36-16-5-4-15-34(33)36)35-18-8-13-30-12-2-3-14-32(30)35/h2-29,47H,1H3/q+2. The Morgan fingerprint density at radius 1 is 0.528 bits per heavy atom. The van der Waals surface area contributed by atoms with Gasteiger partial charge in [0.15, 0.2) is 0 Å². The fourth-order valence-electron chi connectivity index (χ4n) is 9.28. The van der Waals surface area contributed by atoms with Crippen molar-refractivity contribution in [3.63, 3.8) is 0 Å². The molecule has 1 unspecified atom stereocenters. The molecule has 2 aliphatic heterocycles. The van der Waals surface area contributed by atoms with E-state index in [-0.39, 0.29) is 6.04 Å². The number of para-hydroxylation sites is 1. The number of aromatic nitrogens is 4. The highest BCUT2D eigenvalue weighted by molar-refractivity contribution is 6.10. The molecule has 12 rings (SSSR count). The second kappa shape index (κ2) is 10.5. The highest BCUT2D eigenvalue weighted by Gasteiger charge is 2.48. The Bertz CT molecular complexity index is 3180. The minimum Gasteiger partial charge on any atom is -0.456 e. The van der Waals surface area contributed by atoms with E-state index in [1.807, 2.05) is 0 Å². The molecule has 0 saturated carbocycles. The van der Waals surface area contributed by atoms with Gasteiger partial charge in [-0.25, -0.2) is 4.57 Å². The van der Waals surface area contributed by atoms with Gasteiger partial charge in [0.05, 0.1) is 36.0 Å². The van der Waals surface area contributed by atoms with E-state index in [1.54, 1.807) is 0 Å². The van der Waals surface area contributed by atoms with Crippen molar-refractivity contribution in [2.75, 3.05) is 0 Å². The van der Waals surface area contributed by atoms with E-state index in [0.717, 1.165) is 34.1 Å². The molecule has 0 aliphatic carbocycles. The summed E-state index contributed by atoms with van der Waals surface area (Å²) in [5, 5.41) is 7.47. The van der Waals surface area contributed by atoms with E-state index in [1.165, 1.54) is 65.7 Å². The Kier molecular flexibility index (Phi) is 5.70. The van der Waals surface area contributed by atoms with Crippen molar-refractivity contribution >= 4 is 43.5 Å². The van der Waals surface area contributed by atoms with Gasteiger partial charge in [-0.2, -0.15) is 4.57 Å². The van der Waals surface area contributed by atoms with Crippen LogP contribution in [0, 0.1) is 0 Å². The average Bonchev–Trinajstić information content (AvgIpc) is 3.88. The number of ether oxygens (including phenoxy) is 1. The maximum absolute atomic E-state index is 6.77. The summed E-state index contributed by atoms with van der Waals surface area (Å²) in [6.45, 7) is 0. The van der Waals surface area contributed by atoms with Gasteiger partial charge in [-0.05, 0) is 86.8 Å². The van der Waals surface area contributed by atoms with Crippen molar-refractivity contribution < 1.29 is 14.0 Å². The fourth-order valence-corrected chi connectivity index (χ4v) is 9.28. The molecule has 5 heterocycles. The normalized spacial score (nSPS) is 14.1. The van der Waals surface area contributed by atoms with Crippen LogP contribution in [0.5, 0.6) is 11.5 Å². The summed E-state index contributed by atoms with van der Waals surface area (Å²) in [4.78, 5) is 0. The number of aryl methyl sites for hydroxylation is 1. The Morgan fingerprint density at radius 3 is 2.00 bits per heavy atom. The third kappa shape index (κ3) is 3.85. The molecule has 0 spiro atoms. The summed E-state index contributed by atoms with van der Waals surface area (Å²) in [6.07, 6.45) is 6.77. The number of hydrogen-bond donors (Lipinski definition) is 0. The fraction of sp³-hybridized carbons (Fsp3) is 0.0417. The van der Waals surface area contributed by atoms with Crippen LogP contribution in [0.3, 0.4) is 0 Å². The molecule has 0 radical (unpaired) electrons. The molecule has 3 aromatic heterocycles. The molecule has 0 N–H and O–H groups in total. The molecule has 5 heteroatoms. The molecule has 248 valence electrons. The van der Waals surface area contributed by atoms with Gasteiger partial charge in [-0.1, -0.05) is 108 Å².